The highest BCUT2D eigenvalue weighted by Crippen LogP contribution is 2.20. The van der Waals surface area contributed by atoms with Gasteiger partial charge in [-0.1, -0.05) is 24.0 Å². The van der Waals surface area contributed by atoms with Crippen molar-refractivity contribution in [2.24, 2.45) is 0 Å². The number of carbonyl (C=O) groups excluding carboxylic acids is 1. The maximum Gasteiger partial charge on any atom is 0.269 e. The van der Waals surface area contributed by atoms with E-state index in [2.05, 4.69) is 4.90 Å². The molecule has 6 nitrogen and oxygen atoms in total. The van der Waals surface area contributed by atoms with Crippen molar-refractivity contribution in [3.8, 4) is 0 Å². The van der Waals surface area contributed by atoms with Gasteiger partial charge >= 0.3 is 0 Å². The summed E-state index contributed by atoms with van der Waals surface area (Å²) in [6.07, 6.45) is 2.30. The molecule has 0 aromatic heterocycles. The SMILES string of the molecule is CN(C(=O)CSC(=S)N1CCCC1)c1ccc([N+](=O)[O-])cc1. The van der Waals surface area contributed by atoms with Gasteiger partial charge in [0.25, 0.3) is 5.69 Å². The van der Waals surface area contributed by atoms with Gasteiger partial charge in [-0.15, -0.1) is 0 Å². The van der Waals surface area contributed by atoms with Gasteiger partial charge < -0.3 is 9.80 Å². The molecule has 0 aliphatic carbocycles. The zero-order valence-corrected chi connectivity index (χ0v) is 13.9. The molecule has 1 aliphatic heterocycles. The molecule has 0 spiro atoms. The third-order valence-corrected chi connectivity index (χ3v) is 5.01. The van der Waals surface area contributed by atoms with Crippen molar-refractivity contribution >= 4 is 45.6 Å². The lowest BCUT2D eigenvalue weighted by molar-refractivity contribution is -0.384. The number of carbonyl (C=O) groups is 1. The average Bonchev–Trinajstić information content (AvgIpc) is 3.06. The first-order valence-corrected chi connectivity index (χ1v) is 8.31. The Bertz CT molecular complexity index is 571. The van der Waals surface area contributed by atoms with E-state index in [1.807, 2.05) is 0 Å². The Labute approximate surface area is 138 Å². The smallest absolute Gasteiger partial charge is 0.269 e. The van der Waals surface area contributed by atoms with Gasteiger partial charge in [-0.2, -0.15) is 0 Å². The number of likely N-dealkylation sites (tertiary alicyclic amines) is 1. The van der Waals surface area contributed by atoms with Crippen LogP contribution in [0.3, 0.4) is 0 Å². The predicted molar refractivity (Wildman–Crippen MR) is 92.4 cm³/mol. The second-order valence-electron chi connectivity index (χ2n) is 4.98. The molecule has 1 aromatic carbocycles. The van der Waals surface area contributed by atoms with Crippen LogP contribution < -0.4 is 4.90 Å². The molecule has 0 radical (unpaired) electrons. The third kappa shape index (κ3) is 4.17. The predicted octanol–water partition coefficient (Wildman–Crippen LogP) is 2.67. The Kier molecular flexibility index (Phi) is 5.73. The molecule has 22 heavy (non-hydrogen) atoms. The summed E-state index contributed by atoms with van der Waals surface area (Å²) >= 11 is 6.70. The Morgan fingerprint density at radius 1 is 1.36 bits per heavy atom. The first-order chi connectivity index (χ1) is 10.5. The molecule has 1 aliphatic rings. The third-order valence-electron chi connectivity index (χ3n) is 3.51. The topological polar surface area (TPSA) is 66.7 Å². The van der Waals surface area contributed by atoms with E-state index in [9.17, 15) is 14.9 Å². The van der Waals surface area contributed by atoms with Gasteiger partial charge in [-0.3, -0.25) is 14.9 Å². The van der Waals surface area contributed by atoms with E-state index >= 15 is 0 Å². The van der Waals surface area contributed by atoms with Gasteiger partial charge in [0, 0.05) is 38.0 Å². The number of thioether (sulfide) groups is 1. The molecule has 1 fully saturated rings. The second-order valence-corrected chi connectivity index (χ2v) is 6.58. The summed E-state index contributed by atoms with van der Waals surface area (Å²) < 4.78 is 0.767. The van der Waals surface area contributed by atoms with E-state index in [4.69, 9.17) is 12.2 Å². The summed E-state index contributed by atoms with van der Waals surface area (Å²) in [4.78, 5) is 25.9. The highest BCUT2D eigenvalue weighted by Gasteiger charge is 2.18. The number of nitro benzene ring substituents is 1. The van der Waals surface area contributed by atoms with Crippen LogP contribution in [0.5, 0.6) is 0 Å². The maximum atomic E-state index is 12.2. The number of nitro groups is 1. The zero-order chi connectivity index (χ0) is 16.1. The van der Waals surface area contributed by atoms with Crippen LogP contribution in [0.1, 0.15) is 12.8 Å². The van der Waals surface area contributed by atoms with Crippen molar-refractivity contribution in [3.63, 3.8) is 0 Å². The van der Waals surface area contributed by atoms with Gasteiger partial charge in [0.15, 0.2) is 0 Å². The van der Waals surface area contributed by atoms with E-state index in [1.54, 1.807) is 19.2 Å². The van der Waals surface area contributed by atoms with Crippen LogP contribution in [0.2, 0.25) is 0 Å². The van der Waals surface area contributed by atoms with Gasteiger partial charge in [-0.05, 0) is 25.0 Å². The summed E-state index contributed by atoms with van der Waals surface area (Å²) in [6.45, 7) is 1.94. The zero-order valence-electron chi connectivity index (χ0n) is 12.2. The Hall–Kier alpha value is -1.67. The molecule has 0 atom stereocenters. The standard InChI is InChI=1S/C14H17N3O3S2/c1-15(11-4-6-12(7-5-11)17(19)20)13(18)10-22-14(21)16-8-2-3-9-16/h4-7H,2-3,8-10H2,1H3. The molecule has 0 bridgehead atoms. The lowest BCUT2D eigenvalue weighted by Gasteiger charge is -2.20. The number of thiocarbonyl (C=S) groups is 1. The number of anilines is 1. The first kappa shape index (κ1) is 16.7. The van der Waals surface area contributed by atoms with Crippen LogP contribution in [0.25, 0.3) is 0 Å². The summed E-state index contributed by atoms with van der Waals surface area (Å²) in [5.41, 5.74) is 0.637. The normalized spacial score (nSPS) is 14.0. The molecule has 118 valence electrons. The van der Waals surface area contributed by atoms with Crippen LogP contribution in [-0.4, -0.2) is 45.9 Å². The van der Waals surface area contributed by atoms with E-state index in [-0.39, 0.29) is 17.3 Å². The van der Waals surface area contributed by atoms with E-state index in [0.29, 0.717) is 5.69 Å². The van der Waals surface area contributed by atoms with Crippen molar-refractivity contribution in [3.05, 3.63) is 34.4 Å². The Morgan fingerprint density at radius 2 is 1.95 bits per heavy atom. The summed E-state index contributed by atoms with van der Waals surface area (Å²) in [5, 5.41) is 10.6. The van der Waals surface area contributed by atoms with Gasteiger partial charge in [0.05, 0.1) is 10.7 Å². The number of non-ortho nitro benzene ring substituents is 1. The molecule has 1 amide bonds. The fourth-order valence-corrected chi connectivity index (χ4v) is 3.32. The molecule has 2 rings (SSSR count). The fraction of sp³-hybridized carbons (Fsp3) is 0.429. The number of rotatable bonds is 4. The monoisotopic (exact) mass is 339 g/mol. The molecule has 0 unspecified atom stereocenters. The molecule has 1 heterocycles. The van der Waals surface area contributed by atoms with Gasteiger partial charge in [0.1, 0.15) is 4.32 Å². The molecule has 1 aromatic rings. The molecule has 0 N–H and O–H groups in total. The van der Waals surface area contributed by atoms with Crippen LogP contribution in [0.4, 0.5) is 11.4 Å². The van der Waals surface area contributed by atoms with Crippen LogP contribution in [0, 0.1) is 10.1 Å². The maximum absolute atomic E-state index is 12.2. The molecular formula is C14H17N3O3S2. The largest absolute Gasteiger partial charge is 0.358 e. The van der Waals surface area contributed by atoms with Crippen molar-refractivity contribution in [1.82, 2.24) is 4.90 Å². The Balaban J connectivity index is 1.88. The molecular weight excluding hydrogens is 322 g/mol. The average molecular weight is 339 g/mol. The van der Waals surface area contributed by atoms with Crippen LogP contribution in [-0.2, 0) is 4.79 Å². The van der Waals surface area contributed by atoms with Crippen molar-refractivity contribution in [1.29, 1.82) is 0 Å². The summed E-state index contributed by atoms with van der Waals surface area (Å²) in [7, 11) is 1.66. The highest BCUT2D eigenvalue weighted by molar-refractivity contribution is 8.23. The molecule has 8 heteroatoms. The number of amides is 1. The molecule has 1 saturated heterocycles. The lowest BCUT2D eigenvalue weighted by atomic mass is 10.2. The van der Waals surface area contributed by atoms with Crippen molar-refractivity contribution < 1.29 is 9.72 Å². The summed E-state index contributed by atoms with van der Waals surface area (Å²) in [6, 6.07) is 5.92. The molecule has 0 saturated carbocycles. The lowest BCUT2D eigenvalue weighted by Crippen LogP contribution is -2.30. The number of nitrogens with zero attached hydrogens (tertiary/aromatic N) is 3. The van der Waals surface area contributed by atoms with Crippen molar-refractivity contribution in [2.75, 3.05) is 30.8 Å². The van der Waals surface area contributed by atoms with E-state index in [0.717, 1.165) is 30.3 Å². The minimum Gasteiger partial charge on any atom is -0.358 e. The highest BCUT2D eigenvalue weighted by atomic mass is 32.2. The van der Waals surface area contributed by atoms with E-state index in [1.165, 1.54) is 28.8 Å². The fourth-order valence-electron chi connectivity index (χ4n) is 2.15. The Morgan fingerprint density at radius 3 is 2.50 bits per heavy atom. The van der Waals surface area contributed by atoms with Crippen LogP contribution in [0.15, 0.2) is 24.3 Å². The van der Waals surface area contributed by atoms with Gasteiger partial charge in [-0.25, -0.2) is 0 Å². The number of hydrogen-bond acceptors (Lipinski definition) is 5. The quantitative estimate of drug-likeness (QED) is 0.477. The van der Waals surface area contributed by atoms with E-state index < -0.39 is 4.92 Å². The van der Waals surface area contributed by atoms with Crippen LogP contribution >= 0.6 is 24.0 Å². The minimum absolute atomic E-state index is 0.00850. The number of benzene rings is 1. The second kappa shape index (κ2) is 7.55. The van der Waals surface area contributed by atoms with Crippen molar-refractivity contribution in [2.45, 2.75) is 12.8 Å². The first-order valence-electron chi connectivity index (χ1n) is 6.92. The summed E-state index contributed by atoms with van der Waals surface area (Å²) in [5.74, 6) is 0.184. The number of hydrogen-bond donors (Lipinski definition) is 0. The van der Waals surface area contributed by atoms with Gasteiger partial charge in [0.2, 0.25) is 5.91 Å². The minimum atomic E-state index is -0.462.